The van der Waals surface area contributed by atoms with Crippen LogP contribution < -0.4 is 0 Å². The number of carbonyl (C=O) groups excluding carboxylic acids is 1. The highest BCUT2D eigenvalue weighted by molar-refractivity contribution is 7.91. The Morgan fingerprint density at radius 3 is 2.63 bits per heavy atom. The van der Waals surface area contributed by atoms with Crippen molar-refractivity contribution in [3.8, 4) is 0 Å². The summed E-state index contributed by atoms with van der Waals surface area (Å²) in [5.74, 6) is 0.201. The summed E-state index contributed by atoms with van der Waals surface area (Å²) in [5.41, 5.74) is 0. The largest absolute Gasteiger partial charge is 0.346 e. The van der Waals surface area contributed by atoms with Gasteiger partial charge >= 0.3 is 6.03 Å². The van der Waals surface area contributed by atoms with E-state index in [1.165, 1.54) is 11.8 Å². The SMILES string of the molecule is CCCN(CCCl)C(=O)n1cnc(S(=O)(=O)CC)n1. The molecule has 1 rings (SSSR count). The first-order valence-electron chi connectivity index (χ1n) is 5.96. The van der Waals surface area contributed by atoms with Gasteiger partial charge in [0.05, 0.1) is 5.75 Å². The lowest BCUT2D eigenvalue weighted by molar-refractivity contribution is 0.199. The van der Waals surface area contributed by atoms with Gasteiger partial charge in [-0.1, -0.05) is 13.8 Å². The minimum absolute atomic E-state index is 0.106. The Hall–Kier alpha value is -1.15. The van der Waals surface area contributed by atoms with Crippen LogP contribution >= 0.6 is 11.6 Å². The van der Waals surface area contributed by atoms with E-state index in [2.05, 4.69) is 10.1 Å². The van der Waals surface area contributed by atoms with E-state index in [-0.39, 0.29) is 10.9 Å². The van der Waals surface area contributed by atoms with E-state index in [9.17, 15) is 13.2 Å². The molecule has 0 aliphatic carbocycles. The molecule has 0 spiro atoms. The van der Waals surface area contributed by atoms with Gasteiger partial charge in [-0.3, -0.25) is 0 Å². The van der Waals surface area contributed by atoms with E-state index < -0.39 is 15.9 Å². The maximum atomic E-state index is 12.1. The Kier molecular flexibility index (Phi) is 5.74. The molecule has 1 aromatic rings. The van der Waals surface area contributed by atoms with Gasteiger partial charge in [0, 0.05) is 19.0 Å². The minimum atomic E-state index is -3.50. The van der Waals surface area contributed by atoms with Crippen LogP contribution in [0.4, 0.5) is 4.79 Å². The van der Waals surface area contributed by atoms with Crippen molar-refractivity contribution in [2.45, 2.75) is 25.4 Å². The normalized spacial score (nSPS) is 11.5. The smallest absolute Gasteiger partial charge is 0.322 e. The first-order chi connectivity index (χ1) is 8.96. The average molecular weight is 309 g/mol. The van der Waals surface area contributed by atoms with Gasteiger partial charge in [0.1, 0.15) is 6.33 Å². The van der Waals surface area contributed by atoms with Gasteiger partial charge < -0.3 is 4.90 Å². The predicted octanol–water partition coefficient (Wildman–Crippen LogP) is 0.991. The molecule has 0 aliphatic rings. The molecule has 0 unspecified atom stereocenters. The lowest BCUT2D eigenvalue weighted by Crippen LogP contribution is -2.37. The fourth-order valence-corrected chi connectivity index (χ4v) is 2.31. The number of hydrogen-bond acceptors (Lipinski definition) is 5. The zero-order chi connectivity index (χ0) is 14.5. The zero-order valence-corrected chi connectivity index (χ0v) is 12.5. The van der Waals surface area contributed by atoms with Crippen LogP contribution in [0.25, 0.3) is 0 Å². The Morgan fingerprint density at radius 1 is 1.42 bits per heavy atom. The van der Waals surface area contributed by atoms with Crippen molar-refractivity contribution >= 4 is 27.5 Å². The molecule has 0 aliphatic heterocycles. The average Bonchev–Trinajstić information content (AvgIpc) is 2.88. The number of carbonyl (C=O) groups is 1. The van der Waals surface area contributed by atoms with Gasteiger partial charge in [0.25, 0.3) is 5.16 Å². The number of hydrogen-bond donors (Lipinski definition) is 0. The van der Waals surface area contributed by atoms with Crippen LogP contribution in [0.15, 0.2) is 11.5 Å². The van der Waals surface area contributed by atoms with Crippen LogP contribution in [0.2, 0.25) is 0 Å². The second-order valence-corrected chi connectivity index (χ2v) is 6.38. The number of rotatable bonds is 6. The van der Waals surface area contributed by atoms with Crippen LogP contribution in [0.3, 0.4) is 0 Å². The molecule has 0 saturated carbocycles. The minimum Gasteiger partial charge on any atom is -0.322 e. The summed E-state index contributed by atoms with van der Waals surface area (Å²) in [6.45, 7) is 4.34. The fourth-order valence-electron chi connectivity index (χ4n) is 1.43. The van der Waals surface area contributed by atoms with Gasteiger partial charge in [-0.05, 0) is 6.42 Å². The van der Waals surface area contributed by atoms with E-state index in [1.807, 2.05) is 6.92 Å². The molecule has 0 atom stereocenters. The molecule has 0 saturated heterocycles. The molecule has 9 heteroatoms. The van der Waals surface area contributed by atoms with Crippen LogP contribution in [0, 0.1) is 0 Å². The Bertz CT molecular complexity index is 523. The maximum absolute atomic E-state index is 12.1. The molecular formula is C10H17ClN4O3S. The predicted molar refractivity (Wildman–Crippen MR) is 71.1 cm³/mol. The van der Waals surface area contributed by atoms with Crippen molar-refractivity contribution in [2.24, 2.45) is 0 Å². The number of amides is 1. The highest BCUT2D eigenvalue weighted by Gasteiger charge is 2.21. The molecule has 1 aromatic heterocycles. The molecule has 7 nitrogen and oxygen atoms in total. The maximum Gasteiger partial charge on any atom is 0.346 e. The van der Waals surface area contributed by atoms with Gasteiger partial charge in [-0.2, -0.15) is 4.68 Å². The highest BCUT2D eigenvalue weighted by atomic mass is 35.5. The number of nitrogens with zero attached hydrogens (tertiary/aromatic N) is 4. The topological polar surface area (TPSA) is 85.2 Å². The first kappa shape index (κ1) is 15.9. The summed E-state index contributed by atoms with van der Waals surface area (Å²) in [4.78, 5) is 17.3. The van der Waals surface area contributed by atoms with E-state index in [1.54, 1.807) is 0 Å². The monoisotopic (exact) mass is 308 g/mol. The molecule has 1 amide bonds. The second-order valence-electron chi connectivity index (χ2n) is 3.83. The Balaban J connectivity index is 2.94. The zero-order valence-electron chi connectivity index (χ0n) is 10.9. The molecule has 0 bridgehead atoms. The third-order valence-electron chi connectivity index (χ3n) is 2.44. The quantitative estimate of drug-likeness (QED) is 0.732. The molecule has 0 N–H and O–H groups in total. The number of sulfone groups is 1. The standard InChI is InChI=1S/C10H17ClN4O3S/c1-3-6-14(7-5-11)10(16)15-8-12-9(13-15)19(17,18)4-2/h8H,3-7H2,1-2H3. The number of aromatic nitrogens is 3. The van der Waals surface area contributed by atoms with Crippen molar-refractivity contribution in [3.05, 3.63) is 6.33 Å². The Labute approximate surface area is 117 Å². The molecule has 0 radical (unpaired) electrons. The Morgan fingerprint density at radius 2 is 2.11 bits per heavy atom. The summed E-state index contributed by atoms with van der Waals surface area (Å²) < 4.78 is 24.1. The third kappa shape index (κ3) is 3.90. The highest BCUT2D eigenvalue weighted by Crippen LogP contribution is 2.05. The summed E-state index contributed by atoms with van der Waals surface area (Å²) in [5, 5.41) is 3.39. The fraction of sp³-hybridized carbons (Fsp3) is 0.700. The van der Waals surface area contributed by atoms with E-state index in [0.29, 0.717) is 19.0 Å². The third-order valence-corrected chi connectivity index (χ3v) is 4.12. The molecule has 19 heavy (non-hydrogen) atoms. The number of halogens is 1. The number of alkyl halides is 1. The summed E-state index contributed by atoms with van der Waals surface area (Å²) >= 11 is 5.63. The van der Waals surface area contributed by atoms with Crippen molar-refractivity contribution in [2.75, 3.05) is 24.7 Å². The van der Waals surface area contributed by atoms with Gasteiger partial charge in [0.2, 0.25) is 9.84 Å². The summed E-state index contributed by atoms with van der Waals surface area (Å²) in [7, 11) is -3.50. The van der Waals surface area contributed by atoms with Crippen LogP contribution in [0.1, 0.15) is 20.3 Å². The van der Waals surface area contributed by atoms with Crippen molar-refractivity contribution in [3.63, 3.8) is 0 Å². The van der Waals surface area contributed by atoms with Crippen molar-refractivity contribution < 1.29 is 13.2 Å². The molecule has 0 aromatic carbocycles. The lowest BCUT2D eigenvalue weighted by atomic mass is 10.4. The van der Waals surface area contributed by atoms with E-state index in [0.717, 1.165) is 17.4 Å². The van der Waals surface area contributed by atoms with Gasteiger partial charge in [0.15, 0.2) is 0 Å². The first-order valence-corrected chi connectivity index (χ1v) is 8.14. The van der Waals surface area contributed by atoms with Gasteiger partial charge in [-0.15, -0.1) is 16.7 Å². The summed E-state index contributed by atoms with van der Waals surface area (Å²) in [6.07, 6.45) is 1.89. The van der Waals surface area contributed by atoms with E-state index in [4.69, 9.17) is 11.6 Å². The second kappa shape index (κ2) is 6.85. The van der Waals surface area contributed by atoms with Crippen LogP contribution in [-0.2, 0) is 9.84 Å². The molecule has 108 valence electrons. The summed E-state index contributed by atoms with van der Waals surface area (Å²) in [6, 6.07) is -0.424. The van der Waals surface area contributed by atoms with Crippen molar-refractivity contribution in [1.82, 2.24) is 19.7 Å². The lowest BCUT2D eigenvalue weighted by Gasteiger charge is -2.19. The van der Waals surface area contributed by atoms with E-state index >= 15 is 0 Å². The van der Waals surface area contributed by atoms with Crippen LogP contribution in [0.5, 0.6) is 0 Å². The molecular weight excluding hydrogens is 292 g/mol. The molecule has 1 heterocycles. The van der Waals surface area contributed by atoms with Crippen molar-refractivity contribution in [1.29, 1.82) is 0 Å². The molecule has 0 fully saturated rings. The van der Waals surface area contributed by atoms with Crippen LogP contribution in [-0.4, -0.2) is 58.8 Å². The van der Waals surface area contributed by atoms with Gasteiger partial charge in [-0.25, -0.2) is 18.2 Å².